The average molecular weight is 549 g/mol. The highest BCUT2D eigenvalue weighted by molar-refractivity contribution is 6.65. The summed E-state index contributed by atoms with van der Waals surface area (Å²) in [6.45, 7) is 11.0. The number of hydrogen-bond acceptors (Lipinski definition) is 5. The minimum Gasteiger partial charge on any atom is -0.399 e. The van der Waals surface area contributed by atoms with E-state index < -0.39 is 24.1 Å². The normalized spacial score (nSPS) is 19.1. The first-order chi connectivity index (χ1) is 18.8. The van der Waals surface area contributed by atoms with Gasteiger partial charge < -0.3 is 24.1 Å². The van der Waals surface area contributed by atoms with E-state index in [2.05, 4.69) is 10.1 Å². The van der Waals surface area contributed by atoms with Crippen molar-refractivity contribution in [3.63, 3.8) is 0 Å². The van der Waals surface area contributed by atoms with Gasteiger partial charge in [0.15, 0.2) is 5.82 Å². The van der Waals surface area contributed by atoms with Gasteiger partial charge in [-0.15, -0.1) is 0 Å². The molecule has 0 bridgehead atoms. The number of carbonyl (C=O) groups excluding carboxylic acids is 2. The molecule has 0 spiro atoms. The van der Waals surface area contributed by atoms with Gasteiger partial charge in [-0.2, -0.15) is 5.10 Å². The average Bonchev–Trinajstić information content (AvgIpc) is 3.62. The van der Waals surface area contributed by atoms with E-state index >= 15 is 4.39 Å². The van der Waals surface area contributed by atoms with Crippen molar-refractivity contribution in [2.24, 2.45) is 5.92 Å². The van der Waals surface area contributed by atoms with Gasteiger partial charge in [-0.3, -0.25) is 14.3 Å². The molecule has 0 unspecified atom stereocenters. The van der Waals surface area contributed by atoms with Crippen LogP contribution in [0.4, 0.5) is 4.39 Å². The molecule has 2 aromatic heterocycles. The Bertz CT molecular complexity index is 1460. The lowest BCUT2D eigenvalue weighted by molar-refractivity contribution is -0.135. The minimum absolute atomic E-state index is 0.00694. The molecule has 1 N–H and O–H groups in total. The molecule has 4 heterocycles. The maximum atomic E-state index is 16.2. The second-order valence-electron chi connectivity index (χ2n) is 12.0. The van der Waals surface area contributed by atoms with E-state index in [4.69, 9.17) is 9.31 Å². The van der Waals surface area contributed by atoms with Crippen LogP contribution in [0, 0.1) is 11.7 Å². The molecular weight excluding hydrogens is 512 g/mol. The van der Waals surface area contributed by atoms with Gasteiger partial charge in [0.25, 0.3) is 5.91 Å². The van der Waals surface area contributed by atoms with E-state index in [1.54, 1.807) is 42.0 Å². The van der Waals surface area contributed by atoms with E-state index in [9.17, 15) is 9.59 Å². The van der Waals surface area contributed by atoms with E-state index in [1.165, 1.54) is 4.90 Å². The fourth-order valence-electron chi connectivity index (χ4n) is 5.25. The second kappa shape index (κ2) is 10.2. The minimum atomic E-state index is -0.763. The van der Waals surface area contributed by atoms with Crippen LogP contribution in [-0.2, 0) is 20.6 Å². The third-order valence-electron chi connectivity index (χ3n) is 8.28. The predicted molar refractivity (Wildman–Crippen MR) is 153 cm³/mol. The third-order valence-corrected chi connectivity index (χ3v) is 8.28. The highest BCUT2D eigenvalue weighted by atomic mass is 19.1. The summed E-state index contributed by atoms with van der Waals surface area (Å²) >= 11 is 0. The first-order valence-corrected chi connectivity index (χ1v) is 13.7. The molecule has 9 nitrogen and oxygen atoms in total. The molecule has 1 fully saturated rings. The first kappa shape index (κ1) is 28.1. The fraction of sp³-hybridized carbons (Fsp3) is 0.483. The standard InChI is InChI=1S/C29H37BFN5O4/c1-18(16-36-13-9-11-32-36)26(37)35-12-8-10-19(17-35)20-14-22(30-39-28(2,3)29(4,5)40-30)21-15-23(27(38)34(6)7)33-25(21)24(20)31/h9-11,13-15,18,33H,8,12,16-17H2,1-7H3/t18-/m0/s1. The van der Waals surface area contributed by atoms with Crippen molar-refractivity contribution in [3.05, 3.63) is 53.7 Å². The van der Waals surface area contributed by atoms with Crippen molar-refractivity contribution >= 4 is 40.9 Å². The van der Waals surface area contributed by atoms with Crippen LogP contribution in [0.1, 0.15) is 57.1 Å². The second-order valence-corrected chi connectivity index (χ2v) is 12.0. The number of nitrogens with zero attached hydrogens (tertiary/aromatic N) is 4. The molecule has 5 rings (SSSR count). The van der Waals surface area contributed by atoms with Crippen LogP contribution in [0.2, 0.25) is 0 Å². The Hall–Kier alpha value is -3.44. The molecule has 212 valence electrons. The molecule has 0 aliphatic carbocycles. The number of aromatic amines is 1. The summed E-state index contributed by atoms with van der Waals surface area (Å²) in [5.74, 6) is -1.03. The largest absolute Gasteiger partial charge is 0.495 e. The molecule has 11 heteroatoms. The van der Waals surface area contributed by atoms with Crippen molar-refractivity contribution in [2.75, 3.05) is 27.2 Å². The zero-order valence-electron chi connectivity index (χ0n) is 24.2. The molecule has 40 heavy (non-hydrogen) atoms. The van der Waals surface area contributed by atoms with Crippen molar-refractivity contribution in [1.29, 1.82) is 0 Å². The molecule has 2 aliphatic heterocycles. The molecule has 1 atom stereocenters. The summed E-state index contributed by atoms with van der Waals surface area (Å²) in [5.41, 5.74) is 0.984. The highest BCUT2D eigenvalue weighted by Gasteiger charge is 2.52. The summed E-state index contributed by atoms with van der Waals surface area (Å²) in [7, 11) is 2.54. The van der Waals surface area contributed by atoms with E-state index in [-0.39, 0.29) is 35.5 Å². The van der Waals surface area contributed by atoms with Gasteiger partial charge in [0.1, 0.15) is 5.69 Å². The zero-order chi connectivity index (χ0) is 29.0. The van der Waals surface area contributed by atoms with Crippen LogP contribution >= 0.6 is 0 Å². The van der Waals surface area contributed by atoms with Gasteiger partial charge in [0, 0.05) is 50.5 Å². The first-order valence-electron chi connectivity index (χ1n) is 13.7. The van der Waals surface area contributed by atoms with Crippen LogP contribution in [0.25, 0.3) is 16.5 Å². The Labute approximate surface area is 234 Å². The molecular formula is C29H37BFN5O4. The van der Waals surface area contributed by atoms with Crippen molar-refractivity contribution < 1.29 is 23.3 Å². The number of rotatable bonds is 6. The number of hydrogen-bond donors (Lipinski definition) is 1. The number of fused-ring (bicyclic) bond motifs is 1. The van der Waals surface area contributed by atoms with Crippen LogP contribution in [0.5, 0.6) is 0 Å². The van der Waals surface area contributed by atoms with Crippen molar-refractivity contribution in [2.45, 2.75) is 58.8 Å². The molecule has 2 aliphatic rings. The SMILES string of the molecule is C[C@@H](Cn1cccn1)C(=O)N1CCC=C(c2cc(B3OC(C)(C)C(C)(C)O3)c3cc(C(=O)N(C)C)[nH]c3c2F)C1. The summed E-state index contributed by atoms with van der Waals surface area (Å²) in [6.07, 6.45) is 6.11. The number of carbonyl (C=O) groups is 2. The van der Waals surface area contributed by atoms with Gasteiger partial charge in [-0.05, 0) is 57.3 Å². The Morgan fingerprint density at radius 1 is 1.20 bits per heavy atom. The summed E-state index contributed by atoms with van der Waals surface area (Å²) < 4.78 is 30.7. The summed E-state index contributed by atoms with van der Waals surface area (Å²) in [6, 6.07) is 5.24. The van der Waals surface area contributed by atoms with Crippen molar-refractivity contribution in [3.8, 4) is 0 Å². The van der Waals surface area contributed by atoms with E-state index in [0.29, 0.717) is 41.5 Å². The van der Waals surface area contributed by atoms with E-state index in [0.717, 1.165) is 0 Å². The maximum absolute atomic E-state index is 16.2. The van der Waals surface area contributed by atoms with Gasteiger partial charge in [0.05, 0.1) is 29.2 Å². The fourth-order valence-corrected chi connectivity index (χ4v) is 5.25. The molecule has 1 aromatic carbocycles. The number of benzene rings is 1. The smallest absolute Gasteiger partial charge is 0.399 e. The lowest BCUT2D eigenvalue weighted by Gasteiger charge is -2.32. The Morgan fingerprint density at radius 2 is 1.90 bits per heavy atom. The maximum Gasteiger partial charge on any atom is 0.495 e. The molecule has 2 amide bonds. The Balaban J connectivity index is 1.53. The van der Waals surface area contributed by atoms with Gasteiger partial charge in [-0.1, -0.05) is 19.1 Å². The topological polar surface area (TPSA) is 92.7 Å². The quantitative estimate of drug-likeness (QED) is 0.476. The van der Waals surface area contributed by atoms with Crippen LogP contribution in [0.3, 0.4) is 0 Å². The van der Waals surface area contributed by atoms with Crippen LogP contribution in [0.15, 0.2) is 36.7 Å². The number of nitrogens with one attached hydrogen (secondary N) is 1. The van der Waals surface area contributed by atoms with Crippen molar-refractivity contribution in [1.82, 2.24) is 24.6 Å². The Kier molecular flexibility index (Phi) is 7.16. The lowest BCUT2D eigenvalue weighted by Crippen LogP contribution is -2.41. The third kappa shape index (κ3) is 4.96. The summed E-state index contributed by atoms with van der Waals surface area (Å²) in [5, 5.41) is 4.74. The number of H-pyrrole nitrogens is 1. The molecule has 1 saturated heterocycles. The predicted octanol–water partition coefficient (Wildman–Crippen LogP) is 3.46. The highest BCUT2D eigenvalue weighted by Crippen LogP contribution is 2.38. The van der Waals surface area contributed by atoms with E-state index in [1.807, 2.05) is 53.0 Å². The van der Waals surface area contributed by atoms with Gasteiger partial charge >= 0.3 is 7.12 Å². The number of aromatic nitrogens is 3. The monoisotopic (exact) mass is 549 g/mol. The number of halogens is 1. The molecule has 3 aromatic rings. The van der Waals surface area contributed by atoms with Crippen LogP contribution in [-0.4, -0.2) is 81.9 Å². The molecule has 0 saturated carbocycles. The van der Waals surface area contributed by atoms with Gasteiger partial charge in [0.2, 0.25) is 5.91 Å². The lowest BCUT2D eigenvalue weighted by atomic mass is 9.75. The summed E-state index contributed by atoms with van der Waals surface area (Å²) in [4.78, 5) is 32.4. The molecule has 0 radical (unpaired) electrons. The Morgan fingerprint density at radius 3 is 2.52 bits per heavy atom. The number of amides is 2. The van der Waals surface area contributed by atoms with Crippen LogP contribution < -0.4 is 5.46 Å². The van der Waals surface area contributed by atoms with Gasteiger partial charge in [-0.25, -0.2) is 4.39 Å². The zero-order valence-corrected chi connectivity index (χ0v) is 24.2.